The molecule has 0 spiro atoms. The van der Waals surface area contributed by atoms with Gasteiger partial charge in [0.05, 0.1) is 5.75 Å². The Balaban J connectivity index is 3.65. The van der Waals surface area contributed by atoms with Crippen molar-refractivity contribution < 1.29 is 4.79 Å². The topological polar surface area (TPSA) is 17.1 Å². The third-order valence-corrected chi connectivity index (χ3v) is 3.36. The van der Waals surface area contributed by atoms with Crippen LogP contribution in [0.3, 0.4) is 0 Å². The molecule has 84 valence electrons. The van der Waals surface area contributed by atoms with E-state index in [1.165, 1.54) is 12.8 Å². The number of rotatable bonds is 6. The summed E-state index contributed by atoms with van der Waals surface area (Å²) in [4.78, 5) is 11.6. The average molecular weight is 216 g/mol. The van der Waals surface area contributed by atoms with E-state index in [0.717, 1.165) is 6.42 Å². The number of hydrogen-bond donors (Lipinski definition) is 0. The van der Waals surface area contributed by atoms with E-state index in [1.807, 2.05) is 0 Å². The maximum absolute atomic E-state index is 11.6. The van der Waals surface area contributed by atoms with E-state index in [2.05, 4.69) is 34.6 Å². The molecule has 1 atom stereocenters. The maximum Gasteiger partial charge on any atom is 0.143 e. The van der Waals surface area contributed by atoms with Crippen LogP contribution in [0.4, 0.5) is 0 Å². The van der Waals surface area contributed by atoms with Gasteiger partial charge in [0, 0.05) is 11.2 Å². The number of carbonyl (C=O) groups is 1. The van der Waals surface area contributed by atoms with Gasteiger partial charge >= 0.3 is 0 Å². The summed E-state index contributed by atoms with van der Waals surface area (Å²) >= 11 is 1.75. The highest BCUT2D eigenvalue weighted by molar-refractivity contribution is 8.01. The average Bonchev–Trinajstić information content (AvgIpc) is 2.00. The molecule has 0 radical (unpaired) electrons. The Labute approximate surface area is 93.0 Å². The Hall–Kier alpha value is 0.0200. The first-order valence-corrected chi connectivity index (χ1v) is 6.49. The fraction of sp³-hybridized carbons (Fsp3) is 0.917. The van der Waals surface area contributed by atoms with Gasteiger partial charge in [0.2, 0.25) is 0 Å². The molecule has 0 N–H and O–H groups in total. The van der Waals surface area contributed by atoms with Crippen LogP contribution in [0.15, 0.2) is 0 Å². The van der Waals surface area contributed by atoms with Crippen LogP contribution >= 0.6 is 11.8 Å². The Morgan fingerprint density at radius 1 is 1.36 bits per heavy atom. The summed E-state index contributed by atoms with van der Waals surface area (Å²) in [5.74, 6) is 1.65. The van der Waals surface area contributed by atoms with Crippen LogP contribution < -0.4 is 0 Å². The van der Waals surface area contributed by atoms with Crippen molar-refractivity contribution in [3.05, 3.63) is 0 Å². The summed E-state index contributed by atoms with van der Waals surface area (Å²) < 4.78 is 0.212. The van der Waals surface area contributed by atoms with Gasteiger partial charge in [0.25, 0.3) is 0 Å². The molecule has 0 fully saturated rings. The Bertz CT molecular complexity index is 170. The molecule has 0 aromatic rings. The molecule has 0 aromatic heterocycles. The highest BCUT2D eigenvalue weighted by Gasteiger charge is 2.14. The Kier molecular flexibility index (Phi) is 6.50. The van der Waals surface area contributed by atoms with Crippen LogP contribution in [0.2, 0.25) is 0 Å². The number of thioether (sulfide) groups is 1. The quantitative estimate of drug-likeness (QED) is 0.669. The molecule has 0 aliphatic rings. The molecule has 0 bridgehead atoms. The molecule has 0 saturated heterocycles. The van der Waals surface area contributed by atoms with E-state index >= 15 is 0 Å². The third-order valence-electron chi connectivity index (χ3n) is 2.02. The van der Waals surface area contributed by atoms with Gasteiger partial charge in [0.15, 0.2) is 0 Å². The van der Waals surface area contributed by atoms with Crippen LogP contribution in [-0.4, -0.2) is 16.3 Å². The minimum atomic E-state index is 0.212. The fourth-order valence-corrected chi connectivity index (χ4v) is 2.05. The molecule has 0 rings (SSSR count). The summed E-state index contributed by atoms with van der Waals surface area (Å²) in [5.41, 5.74) is 0. The second kappa shape index (κ2) is 6.49. The van der Waals surface area contributed by atoms with Crippen molar-refractivity contribution in [1.82, 2.24) is 0 Å². The molecule has 0 aliphatic carbocycles. The van der Waals surface area contributed by atoms with Gasteiger partial charge in [-0.3, -0.25) is 4.79 Å². The van der Waals surface area contributed by atoms with E-state index < -0.39 is 0 Å². The molecule has 1 nitrogen and oxygen atoms in total. The molecule has 1 unspecified atom stereocenters. The first-order valence-electron chi connectivity index (χ1n) is 5.50. The monoisotopic (exact) mass is 216 g/mol. The van der Waals surface area contributed by atoms with Crippen molar-refractivity contribution in [2.24, 2.45) is 5.92 Å². The summed E-state index contributed by atoms with van der Waals surface area (Å²) in [6.07, 6.45) is 3.11. The lowest BCUT2D eigenvalue weighted by Crippen LogP contribution is -2.14. The molecule has 0 aliphatic heterocycles. The van der Waals surface area contributed by atoms with E-state index in [-0.39, 0.29) is 4.75 Å². The lowest BCUT2D eigenvalue weighted by Gasteiger charge is -2.17. The number of ketones is 1. The molecular formula is C12H24OS. The van der Waals surface area contributed by atoms with Crippen LogP contribution in [0, 0.1) is 5.92 Å². The van der Waals surface area contributed by atoms with Gasteiger partial charge in [-0.15, -0.1) is 11.8 Å². The normalized spacial score (nSPS) is 14.1. The molecule has 0 saturated carbocycles. The van der Waals surface area contributed by atoms with Crippen LogP contribution in [0.5, 0.6) is 0 Å². The minimum absolute atomic E-state index is 0.212. The molecule has 2 heteroatoms. The van der Waals surface area contributed by atoms with E-state index in [4.69, 9.17) is 0 Å². The molecule has 14 heavy (non-hydrogen) atoms. The molecule has 0 heterocycles. The first kappa shape index (κ1) is 14.0. The summed E-state index contributed by atoms with van der Waals surface area (Å²) in [6.45, 7) is 10.8. The second-order valence-electron chi connectivity index (χ2n) is 5.04. The Morgan fingerprint density at radius 3 is 2.36 bits per heavy atom. The number of hydrogen-bond acceptors (Lipinski definition) is 2. The van der Waals surface area contributed by atoms with Crippen molar-refractivity contribution >= 4 is 17.5 Å². The van der Waals surface area contributed by atoms with Crippen LogP contribution in [-0.2, 0) is 4.79 Å². The zero-order valence-corrected chi connectivity index (χ0v) is 11.0. The zero-order chi connectivity index (χ0) is 11.2. The van der Waals surface area contributed by atoms with E-state index in [9.17, 15) is 4.79 Å². The standard InChI is InChI=1S/C12H24OS/c1-6-7-10(2)8-11(13)9-14-12(3,4)5/h10H,6-9H2,1-5H3. The van der Waals surface area contributed by atoms with Gasteiger partial charge in [-0.05, 0) is 5.92 Å². The van der Waals surface area contributed by atoms with Crippen molar-refractivity contribution in [3.63, 3.8) is 0 Å². The third kappa shape index (κ3) is 8.61. The maximum atomic E-state index is 11.6. The predicted molar refractivity (Wildman–Crippen MR) is 65.9 cm³/mol. The number of carbonyl (C=O) groups excluding carboxylic acids is 1. The molecule has 0 amide bonds. The van der Waals surface area contributed by atoms with Gasteiger partial charge in [-0.25, -0.2) is 0 Å². The minimum Gasteiger partial charge on any atom is -0.299 e. The summed E-state index contributed by atoms with van der Waals surface area (Å²) in [5, 5.41) is 0. The second-order valence-corrected chi connectivity index (χ2v) is 6.84. The Morgan fingerprint density at radius 2 is 1.93 bits per heavy atom. The molecular weight excluding hydrogens is 192 g/mol. The van der Waals surface area contributed by atoms with Crippen molar-refractivity contribution in [2.45, 2.75) is 58.6 Å². The van der Waals surface area contributed by atoms with Crippen LogP contribution in [0.1, 0.15) is 53.9 Å². The summed E-state index contributed by atoms with van der Waals surface area (Å²) in [7, 11) is 0. The smallest absolute Gasteiger partial charge is 0.143 e. The highest BCUT2D eigenvalue weighted by atomic mass is 32.2. The lowest BCUT2D eigenvalue weighted by molar-refractivity contribution is -0.117. The summed E-state index contributed by atoms with van der Waals surface area (Å²) in [6, 6.07) is 0. The fourth-order valence-electron chi connectivity index (χ4n) is 1.34. The molecule has 0 aromatic carbocycles. The first-order chi connectivity index (χ1) is 6.35. The predicted octanol–water partition coefficient (Wildman–Crippen LogP) is 3.91. The van der Waals surface area contributed by atoms with E-state index in [0.29, 0.717) is 17.5 Å². The lowest BCUT2D eigenvalue weighted by atomic mass is 10.0. The van der Waals surface area contributed by atoms with Crippen molar-refractivity contribution in [3.8, 4) is 0 Å². The largest absolute Gasteiger partial charge is 0.299 e. The van der Waals surface area contributed by atoms with Crippen molar-refractivity contribution in [1.29, 1.82) is 0 Å². The van der Waals surface area contributed by atoms with Crippen LogP contribution in [0.25, 0.3) is 0 Å². The van der Waals surface area contributed by atoms with Gasteiger partial charge < -0.3 is 0 Å². The van der Waals surface area contributed by atoms with Gasteiger partial charge in [0.1, 0.15) is 5.78 Å². The van der Waals surface area contributed by atoms with Gasteiger partial charge in [-0.1, -0.05) is 47.5 Å². The van der Waals surface area contributed by atoms with Crippen molar-refractivity contribution in [2.75, 3.05) is 5.75 Å². The SMILES string of the molecule is CCCC(C)CC(=O)CSC(C)(C)C. The van der Waals surface area contributed by atoms with E-state index in [1.54, 1.807) is 11.8 Å². The highest BCUT2D eigenvalue weighted by Crippen LogP contribution is 2.24. The number of Topliss-reactive ketones (excluding diaryl/α,β-unsaturated/α-hetero) is 1. The van der Waals surface area contributed by atoms with Gasteiger partial charge in [-0.2, -0.15) is 0 Å². The zero-order valence-electron chi connectivity index (χ0n) is 10.2.